The van der Waals surface area contributed by atoms with Gasteiger partial charge >= 0.3 is 0 Å². The van der Waals surface area contributed by atoms with Crippen LogP contribution < -0.4 is 0 Å². The minimum Gasteiger partial charge on any atom is -0.510 e. The first-order valence-corrected chi connectivity index (χ1v) is 2.40. The molecule has 46 valence electrons. The maximum absolute atomic E-state index is 8.76. The average Bonchev–Trinajstić information content (AvgIpc) is 1.98. The monoisotopic (exact) mass is 116 g/mol. The summed E-state index contributed by atoms with van der Waals surface area (Å²) in [4.78, 5) is 0. The van der Waals surface area contributed by atoms with E-state index in [1.54, 1.807) is 6.92 Å². The van der Waals surface area contributed by atoms with Gasteiger partial charge < -0.3 is 14.9 Å². The molecule has 0 amide bonds. The van der Waals surface area contributed by atoms with Gasteiger partial charge in [0, 0.05) is 5.57 Å². The summed E-state index contributed by atoms with van der Waals surface area (Å²) in [5.74, 6) is 0.150. The summed E-state index contributed by atoms with van der Waals surface area (Å²) in [6, 6.07) is 0. The molecule has 2 N–H and O–H groups in total. The second-order valence-corrected chi connectivity index (χ2v) is 1.79. The second kappa shape index (κ2) is 1.76. The number of ether oxygens (including phenoxy) is 1. The molecule has 0 bridgehead atoms. The largest absolute Gasteiger partial charge is 0.510 e. The van der Waals surface area contributed by atoms with Crippen LogP contribution in [0.1, 0.15) is 6.92 Å². The van der Waals surface area contributed by atoms with Gasteiger partial charge in [0.05, 0.1) is 0 Å². The van der Waals surface area contributed by atoms with Gasteiger partial charge in [-0.05, 0) is 6.92 Å². The molecule has 0 saturated heterocycles. The van der Waals surface area contributed by atoms with Crippen molar-refractivity contribution in [2.24, 2.45) is 0 Å². The fraction of sp³-hybridized carbons (Fsp3) is 0.600. The van der Waals surface area contributed by atoms with E-state index in [2.05, 4.69) is 4.74 Å². The van der Waals surface area contributed by atoms with Crippen LogP contribution in [0.2, 0.25) is 0 Å². The Kier molecular flexibility index (Phi) is 1.23. The first-order valence-electron chi connectivity index (χ1n) is 2.40. The molecule has 1 aliphatic heterocycles. The minimum atomic E-state index is -0.880. The Hall–Kier alpha value is -0.540. The van der Waals surface area contributed by atoms with E-state index in [-0.39, 0.29) is 12.4 Å². The summed E-state index contributed by atoms with van der Waals surface area (Å²) in [5, 5.41) is 17.5. The molecule has 1 aliphatic rings. The topological polar surface area (TPSA) is 49.7 Å². The van der Waals surface area contributed by atoms with E-state index < -0.39 is 6.29 Å². The lowest BCUT2D eigenvalue weighted by molar-refractivity contribution is -0.0482. The van der Waals surface area contributed by atoms with Gasteiger partial charge in [-0.3, -0.25) is 0 Å². The summed E-state index contributed by atoms with van der Waals surface area (Å²) < 4.78 is 4.61. The molecular formula is C5H8O3. The van der Waals surface area contributed by atoms with E-state index in [0.717, 1.165) is 0 Å². The molecule has 1 rings (SSSR count). The van der Waals surface area contributed by atoms with Gasteiger partial charge in [-0.1, -0.05) is 0 Å². The van der Waals surface area contributed by atoms with E-state index in [1.165, 1.54) is 0 Å². The third-order valence-electron chi connectivity index (χ3n) is 1.20. The van der Waals surface area contributed by atoms with E-state index in [0.29, 0.717) is 5.57 Å². The second-order valence-electron chi connectivity index (χ2n) is 1.79. The molecule has 3 nitrogen and oxygen atoms in total. The molecule has 0 saturated carbocycles. The standard InChI is InChI=1S/C5H8O3/c1-3-4(6)2-8-5(3)7/h5-7H,2H2,1H3/t5-/m0/s1. The van der Waals surface area contributed by atoms with Crippen molar-refractivity contribution in [1.29, 1.82) is 0 Å². The number of aliphatic hydroxyl groups excluding tert-OH is 2. The highest BCUT2D eigenvalue weighted by atomic mass is 16.6. The normalized spacial score (nSPS) is 29.5. The quantitative estimate of drug-likeness (QED) is 0.474. The lowest BCUT2D eigenvalue weighted by Crippen LogP contribution is -2.04. The maximum Gasteiger partial charge on any atom is 0.180 e. The summed E-state index contributed by atoms with van der Waals surface area (Å²) >= 11 is 0. The van der Waals surface area contributed by atoms with Crippen LogP contribution in [0.25, 0.3) is 0 Å². The smallest absolute Gasteiger partial charge is 0.180 e. The van der Waals surface area contributed by atoms with Crippen LogP contribution in [0.15, 0.2) is 11.3 Å². The van der Waals surface area contributed by atoms with E-state index in [9.17, 15) is 0 Å². The Balaban J connectivity index is 2.71. The Morgan fingerprint density at radius 2 is 2.38 bits per heavy atom. The highest BCUT2D eigenvalue weighted by molar-refractivity contribution is 5.11. The number of aliphatic hydroxyl groups is 2. The Morgan fingerprint density at radius 3 is 2.50 bits per heavy atom. The third-order valence-corrected chi connectivity index (χ3v) is 1.20. The number of rotatable bonds is 0. The fourth-order valence-electron chi connectivity index (χ4n) is 0.539. The highest BCUT2D eigenvalue weighted by Crippen LogP contribution is 2.15. The third kappa shape index (κ3) is 0.700. The predicted molar refractivity (Wildman–Crippen MR) is 27.3 cm³/mol. The Morgan fingerprint density at radius 1 is 1.75 bits per heavy atom. The van der Waals surface area contributed by atoms with Gasteiger partial charge in [-0.15, -0.1) is 0 Å². The molecule has 1 heterocycles. The molecule has 1 atom stereocenters. The van der Waals surface area contributed by atoms with Crippen LogP contribution in [0.3, 0.4) is 0 Å². The molecule has 8 heavy (non-hydrogen) atoms. The van der Waals surface area contributed by atoms with Crippen LogP contribution in [-0.2, 0) is 4.74 Å². The zero-order valence-corrected chi connectivity index (χ0v) is 4.59. The van der Waals surface area contributed by atoms with Crippen molar-refractivity contribution in [2.75, 3.05) is 6.61 Å². The Bertz CT molecular complexity index is 128. The molecule has 0 unspecified atom stereocenters. The summed E-state index contributed by atoms with van der Waals surface area (Å²) in [5.41, 5.74) is 0.519. The highest BCUT2D eigenvalue weighted by Gasteiger charge is 2.18. The van der Waals surface area contributed by atoms with Gasteiger partial charge in [0.25, 0.3) is 0 Å². The molecule has 0 fully saturated rings. The maximum atomic E-state index is 8.76. The molecule has 0 spiro atoms. The van der Waals surface area contributed by atoms with Crippen molar-refractivity contribution in [3.8, 4) is 0 Å². The fourth-order valence-corrected chi connectivity index (χ4v) is 0.539. The van der Waals surface area contributed by atoms with Crippen molar-refractivity contribution < 1.29 is 14.9 Å². The Labute approximate surface area is 47.2 Å². The number of hydrogen-bond acceptors (Lipinski definition) is 3. The lowest BCUT2D eigenvalue weighted by atomic mass is 10.3. The van der Waals surface area contributed by atoms with Crippen molar-refractivity contribution >= 4 is 0 Å². The van der Waals surface area contributed by atoms with Gasteiger partial charge in [0.15, 0.2) is 6.29 Å². The van der Waals surface area contributed by atoms with Crippen LogP contribution in [0.4, 0.5) is 0 Å². The minimum absolute atomic E-state index is 0.146. The lowest BCUT2D eigenvalue weighted by Gasteiger charge is -1.98. The van der Waals surface area contributed by atoms with Crippen LogP contribution in [-0.4, -0.2) is 23.1 Å². The van der Waals surface area contributed by atoms with Crippen molar-refractivity contribution in [3.05, 3.63) is 11.3 Å². The van der Waals surface area contributed by atoms with Crippen molar-refractivity contribution in [3.63, 3.8) is 0 Å². The van der Waals surface area contributed by atoms with Gasteiger partial charge in [0.2, 0.25) is 0 Å². The summed E-state index contributed by atoms with van der Waals surface area (Å²) in [7, 11) is 0. The van der Waals surface area contributed by atoms with E-state index in [1.807, 2.05) is 0 Å². The van der Waals surface area contributed by atoms with Crippen molar-refractivity contribution in [2.45, 2.75) is 13.2 Å². The predicted octanol–water partition coefficient (Wildman–Crippen LogP) is 0.167. The summed E-state index contributed by atoms with van der Waals surface area (Å²) in [6.07, 6.45) is -0.880. The van der Waals surface area contributed by atoms with E-state index >= 15 is 0 Å². The molecule has 0 aromatic rings. The van der Waals surface area contributed by atoms with Crippen LogP contribution in [0, 0.1) is 0 Å². The zero-order chi connectivity index (χ0) is 6.15. The van der Waals surface area contributed by atoms with Crippen LogP contribution in [0.5, 0.6) is 0 Å². The first kappa shape index (κ1) is 5.59. The average molecular weight is 116 g/mol. The molecule has 0 aliphatic carbocycles. The van der Waals surface area contributed by atoms with Gasteiger partial charge in [-0.25, -0.2) is 0 Å². The zero-order valence-electron chi connectivity index (χ0n) is 4.59. The summed E-state index contributed by atoms with van der Waals surface area (Å²) in [6.45, 7) is 1.78. The number of hydrogen-bond donors (Lipinski definition) is 2. The molecule has 0 radical (unpaired) electrons. The van der Waals surface area contributed by atoms with Crippen LogP contribution >= 0.6 is 0 Å². The van der Waals surface area contributed by atoms with Gasteiger partial charge in [0.1, 0.15) is 12.4 Å². The van der Waals surface area contributed by atoms with E-state index in [4.69, 9.17) is 10.2 Å². The molecule has 3 heteroatoms. The molecule has 0 aromatic carbocycles. The van der Waals surface area contributed by atoms with Gasteiger partial charge in [-0.2, -0.15) is 0 Å². The molecular weight excluding hydrogens is 108 g/mol. The SMILES string of the molecule is CC1=C(O)CO[C@@H]1O. The molecule has 0 aromatic heterocycles. The van der Waals surface area contributed by atoms with Crippen molar-refractivity contribution in [1.82, 2.24) is 0 Å². The first-order chi connectivity index (χ1) is 3.72.